The van der Waals surface area contributed by atoms with Crippen molar-refractivity contribution in [3.63, 3.8) is 0 Å². The highest BCUT2D eigenvalue weighted by molar-refractivity contribution is 14.1. The van der Waals surface area contributed by atoms with Crippen LogP contribution in [0.1, 0.15) is 17.2 Å². The summed E-state index contributed by atoms with van der Waals surface area (Å²) in [6.45, 7) is 0. The maximum atomic E-state index is 10.5. The summed E-state index contributed by atoms with van der Waals surface area (Å²) in [5, 5.41) is 10.5. The van der Waals surface area contributed by atoms with Crippen molar-refractivity contribution in [1.82, 2.24) is 0 Å². The van der Waals surface area contributed by atoms with E-state index in [4.69, 9.17) is 4.74 Å². The van der Waals surface area contributed by atoms with Gasteiger partial charge < -0.3 is 9.84 Å². The zero-order valence-corrected chi connectivity index (χ0v) is 16.1. The first-order chi connectivity index (χ1) is 9.51. The van der Waals surface area contributed by atoms with Gasteiger partial charge in [-0.3, -0.25) is 0 Å². The highest BCUT2D eigenvalue weighted by Crippen LogP contribution is 2.30. The van der Waals surface area contributed by atoms with Gasteiger partial charge in [0.05, 0.1) is 13.2 Å². The van der Waals surface area contributed by atoms with Crippen molar-refractivity contribution >= 4 is 54.5 Å². The molecule has 5 heteroatoms. The van der Waals surface area contributed by atoms with Crippen molar-refractivity contribution in [3.8, 4) is 5.75 Å². The average Bonchev–Trinajstić information content (AvgIpc) is 2.41. The second kappa shape index (κ2) is 7.24. The van der Waals surface area contributed by atoms with E-state index in [-0.39, 0.29) is 0 Å². The molecule has 0 fully saturated rings. The van der Waals surface area contributed by atoms with E-state index < -0.39 is 6.10 Å². The van der Waals surface area contributed by atoms with Crippen LogP contribution in [0.2, 0.25) is 0 Å². The number of aliphatic hydroxyl groups is 1. The lowest BCUT2D eigenvalue weighted by molar-refractivity contribution is 0.176. The van der Waals surface area contributed by atoms with Crippen LogP contribution in [-0.4, -0.2) is 12.2 Å². The van der Waals surface area contributed by atoms with Crippen LogP contribution in [0.15, 0.2) is 45.3 Å². The van der Waals surface area contributed by atoms with Gasteiger partial charge in [-0.15, -0.1) is 0 Å². The predicted octanol–water partition coefficient (Wildman–Crippen LogP) is 5.10. The minimum atomic E-state index is -0.567. The molecule has 0 bridgehead atoms. The molecule has 0 aliphatic heterocycles. The number of benzene rings is 2. The molecule has 0 aliphatic carbocycles. The fraction of sp³-hybridized carbons (Fsp3) is 0.200. The van der Waals surface area contributed by atoms with Gasteiger partial charge >= 0.3 is 0 Å². The van der Waals surface area contributed by atoms with Crippen molar-refractivity contribution in [1.29, 1.82) is 0 Å². The summed E-state index contributed by atoms with van der Waals surface area (Å²) in [7, 11) is 1.64. The summed E-state index contributed by atoms with van der Waals surface area (Å²) in [6, 6.07) is 11.7. The Hall–Kier alpha value is -0.110. The molecule has 2 rings (SSSR count). The number of hydrogen-bond acceptors (Lipinski definition) is 2. The number of rotatable bonds is 4. The molecule has 106 valence electrons. The second-order valence-corrected chi connectivity index (χ2v) is 7.34. The lowest BCUT2D eigenvalue weighted by Gasteiger charge is -2.16. The molecular formula is C15H13Br2IO2. The Labute approximate surface area is 148 Å². The van der Waals surface area contributed by atoms with E-state index in [1.54, 1.807) is 7.11 Å². The normalized spacial score (nSPS) is 12.2. The minimum absolute atomic E-state index is 0.509. The van der Waals surface area contributed by atoms with Crippen molar-refractivity contribution in [3.05, 3.63) is 60.0 Å². The van der Waals surface area contributed by atoms with Crippen LogP contribution in [0.25, 0.3) is 0 Å². The van der Waals surface area contributed by atoms with Crippen LogP contribution >= 0.6 is 54.5 Å². The molecule has 0 amide bonds. The topological polar surface area (TPSA) is 29.5 Å². The molecule has 20 heavy (non-hydrogen) atoms. The van der Waals surface area contributed by atoms with E-state index in [0.717, 1.165) is 29.4 Å². The first-order valence-corrected chi connectivity index (χ1v) is 8.63. The van der Waals surface area contributed by atoms with Gasteiger partial charge in [-0.05, 0) is 70.1 Å². The molecule has 1 unspecified atom stereocenters. The molecule has 2 aromatic carbocycles. The summed E-state index contributed by atoms with van der Waals surface area (Å²) in [5.41, 5.74) is 1.90. The third kappa shape index (κ3) is 3.96. The Morgan fingerprint density at radius 1 is 1.15 bits per heavy atom. The smallest absolute Gasteiger partial charge is 0.122 e. The largest absolute Gasteiger partial charge is 0.496 e. The van der Waals surface area contributed by atoms with Crippen LogP contribution < -0.4 is 4.74 Å². The Kier molecular flexibility index (Phi) is 5.89. The quantitative estimate of drug-likeness (QED) is 0.579. The fourth-order valence-electron chi connectivity index (χ4n) is 1.99. The van der Waals surface area contributed by atoms with Crippen molar-refractivity contribution in [2.45, 2.75) is 12.5 Å². The molecule has 0 heterocycles. The third-order valence-corrected chi connectivity index (χ3v) is 4.94. The lowest BCUT2D eigenvalue weighted by atomic mass is 10.0. The Morgan fingerprint density at radius 2 is 1.80 bits per heavy atom. The number of halogens is 3. The molecule has 0 spiro atoms. The van der Waals surface area contributed by atoms with Gasteiger partial charge in [0, 0.05) is 18.9 Å². The van der Waals surface area contributed by atoms with E-state index in [1.165, 1.54) is 0 Å². The molecular weight excluding hydrogens is 499 g/mol. The van der Waals surface area contributed by atoms with Crippen LogP contribution in [0, 0.1) is 3.57 Å². The summed E-state index contributed by atoms with van der Waals surface area (Å²) in [4.78, 5) is 0. The van der Waals surface area contributed by atoms with Crippen molar-refractivity contribution in [2.75, 3.05) is 7.11 Å². The van der Waals surface area contributed by atoms with E-state index >= 15 is 0 Å². The Morgan fingerprint density at radius 3 is 2.50 bits per heavy atom. The number of hydrogen-bond donors (Lipinski definition) is 1. The second-order valence-electron chi connectivity index (χ2n) is 4.34. The van der Waals surface area contributed by atoms with Crippen molar-refractivity contribution in [2.24, 2.45) is 0 Å². The van der Waals surface area contributed by atoms with Gasteiger partial charge in [0.1, 0.15) is 5.75 Å². The van der Waals surface area contributed by atoms with Gasteiger partial charge in [-0.2, -0.15) is 0 Å². The SMILES string of the molecule is COc1ccc(Br)cc1CC(O)c1cc(Br)ccc1I. The summed E-state index contributed by atoms with van der Waals surface area (Å²) >= 11 is 9.13. The molecule has 1 N–H and O–H groups in total. The van der Waals surface area contributed by atoms with E-state index in [9.17, 15) is 5.11 Å². The monoisotopic (exact) mass is 510 g/mol. The van der Waals surface area contributed by atoms with E-state index in [2.05, 4.69) is 54.5 Å². The molecule has 0 saturated carbocycles. The molecule has 0 aromatic heterocycles. The van der Waals surface area contributed by atoms with Gasteiger partial charge in [0.25, 0.3) is 0 Å². The summed E-state index contributed by atoms with van der Waals surface area (Å²) < 4.78 is 8.34. The zero-order chi connectivity index (χ0) is 14.7. The van der Waals surface area contributed by atoms with Gasteiger partial charge in [0.15, 0.2) is 0 Å². The van der Waals surface area contributed by atoms with Crippen LogP contribution in [-0.2, 0) is 6.42 Å². The third-order valence-electron chi connectivity index (χ3n) is 2.97. The van der Waals surface area contributed by atoms with Gasteiger partial charge in [-0.25, -0.2) is 0 Å². The molecule has 0 saturated heterocycles. The molecule has 2 aromatic rings. The number of aliphatic hydroxyl groups excluding tert-OH is 1. The highest BCUT2D eigenvalue weighted by atomic mass is 127. The Balaban J connectivity index is 2.29. The van der Waals surface area contributed by atoms with E-state index in [0.29, 0.717) is 6.42 Å². The van der Waals surface area contributed by atoms with Crippen LogP contribution in [0.5, 0.6) is 5.75 Å². The first kappa shape index (κ1) is 16.3. The molecule has 0 radical (unpaired) electrons. The van der Waals surface area contributed by atoms with Gasteiger partial charge in [-0.1, -0.05) is 31.9 Å². The standard InChI is InChI=1S/C15H13Br2IO2/c1-20-15-5-3-10(16)6-9(15)7-14(19)12-8-11(17)2-4-13(12)18/h2-6,8,14,19H,7H2,1H3. The maximum Gasteiger partial charge on any atom is 0.122 e. The summed E-state index contributed by atoms with van der Waals surface area (Å²) in [5.74, 6) is 0.789. The van der Waals surface area contributed by atoms with Crippen LogP contribution in [0.3, 0.4) is 0 Å². The minimum Gasteiger partial charge on any atom is -0.496 e. The Bertz CT molecular complexity index is 617. The lowest BCUT2D eigenvalue weighted by Crippen LogP contribution is -2.05. The maximum absolute atomic E-state index is 10.5. The predicted molar refractivity (Wildman–Crippen MR) is 96.2 cm³/mol. The van der Waals surface area contributed by atoms with Gasteiger partial charge in [0.2, 0.25) is 0 Å². The number of methoxy groups -OCH3 is 1. The molecule has 2 nitrogen and oxygen atoms in total. The first-order valence-electron chi connectivity index (χ1n) is 5.96. The fourth-order valence-corrected chi connectivity index (χ4v) is 3.48. The highest BCUT2D eigenvalue weighted by Gasteiger charge is 2.15. The van der Waals surface area contributed by atoms with Crippen LogP contribution in [0.4, 0.5) is 0 Å². The molecule has 1 atom stereocenters. The van der Waals surface area contributed by atoms with Crippen molar-refractivity contribution < 1.29 is 9.84 Å². The summed E-state index contributed by atoms with van der Waals surface area (Å²) in [6.07, 6.45) is -0.0580. The van der Waals surface area contributed by atoms with E-state index in [1.807, 2.05) is 36.4 Å². The average molecular weight is 512 g/mol. The number of ether oxygens (including phenoxy) is 1. The zero-order valence-electron chi connectivity index (χ0n) is 10.7. The molecule has 0 aliphatic rings.